The highest BCUT2D eigenvalue weighted by molar-refractivity contribution is 6.33. The molecule has 0 atom stereocenters. The quantitative estimate of drug-likeness (QED) is 0.398. The van der Waals surface area contributed by atoms with E-state index in [1.165, 1.54) is 0 Å². The number of rotatable bonds is 3. The van der Waals surface area contributed by atoms with Crippen molar-refractivity contribution in [3.05, 3.63) is 34.4 Å². The molecule has 0 aromatic heterocycles. The molecule has 3 rings (SSSR count). The lowest BCUT2D eigenvalue weighted by Crippen LogP contribution is -2.37. The molecule has 9 heteroatoms. The number of amides is 1. The molecule has 1 fully saturated rings. The topological polar surface area (TPSA) is 109 Å². The molecule has 0 saturated carbocycles. The van der Waals surface area contributed by atoms with Crippen molar-refractivity contribution in [1.29, 1.82) is 0 Å². The number of halogens is 1. The third-order valence-electron chi connectivity index (χ3n) is 5.56. The Morgan fingerprint density at radius 2 is 1.91 bits per heavy atom. The molecule has 0 bridgehead atoms. The number of oxime groups is 1. The Labute approximate surface area is 192 Å². The zero-order valence-electron chi connectivity index (χ0n) is 18.0. The minimum atomic E-state index is -0.746. The van der Waals surface area contributed by atoms with Gasteiger partial charge in [-0.3, -0.25) is 4.79 Å². The van der Waals surface area contributed by atoms with Crippen LogP contribution in [0.5, 0.6) is 11.5 Å². The van der Waals surface area contributed by atoms with Crippen molar-refractivity contribution in [2.75, 3.05) is 26.3 Å². The van der Waals surface area contributed by atoms with Gasteiger partial charge in [-0.25, -0.2) is 4.79 Å². The molecule has 0 spiro atoms. The Kier molecular flexibility index (Phi) is 8.79. The van der Waals surface area contributed by atoms with E-state index in [1.54, 1.807) is 11.0 Å². The first-order valence-corrected chi connectivity index (χ1v) is 11.4. The molecule has 2 N–H and O–H groups in total. The van der Waals surface area contributed by atoms with E-state index in [1.807, 2.05) is 6.08 Å². The van der Waals surface area contributed by atoms with Crippen molar-refractivity contribution < 1.29 is 29.4 Å². The highest BCUT2D eigenvalue weighted by Crippen LogP contribution is 2.37. The maximum atomic E-state index is 12.6. The predicted molar refractivity (Wildman–Crippen MR) is 120 cm³/mol. The van der Waals surface area contributed by atoms with Crippen LogP contribution < -0.4 is 0 Å². The van der Waals surface area contributed by atoms with E-state index in [0.717, 1.165) is 57.7 Å². The Morgan fingerprint density at radius 1 is 1.12 bits per heavy atom. The number of piperidine rings is 1. The van der Waals surface area contributed by atoms with E-state index in [-0.39, 0.29) is 47.4 Å². The normalized spacial score (nSPS) is 20.3. The zero-order valence-corrected chi connectivity index (χ0v) is 18.8. The number of fused-ring (bicyclic) bond motifs is 1. The first kappa shape index (κ1) is 23.9. The summed E-state index contributed by atoms with van der Waals surface area (Å²) in [6.07, 6.45) is 9.92. The number of benzene rings is 1. The Bertz CT molecular complexity index is 893. The number of carbonyl (C=O) groups is 2. The van der Waals surface area contributed by atoms with Crippen LogP contribution in [-0.4, -0.2) is 59.0 Å². The van der Waals surface area contributed by atoms with E-state index < -0.39 is 11.7 Å². The van der Waals surface area contributed by atoms with Gasteiger partial charge < -0.3 is 24.7 Å². The molecule has 0 aliphatic carbocycles. The first-order valence-electron chi connectivity index (χ1n) is 11.0. The Morgan fingerprint density at radius 3 is 2.69 bits per heavy atom. The van der Waals surface area contributed by atoms with Crippen molar-refractivity contribution in [3.63, 3.8) is 0 Å². The lowest BCUT2D eigenvalue weighted by Gasteiger charge is -2.26. The number of aromatic hydroxyl groups is 2. The van der Waals surface area contributed by atoms with Gasteiger partial charge in [0.2, 0.25) is 0 Å². The lowest BCUT2D eigenvalue weighted by atomic mass is 9.97. The molecule has 2 aliphatic rings. The second-order valence-electron chi connectivity index (χ2n) is 7.95. The maximum Gasteiger partial charge on any atom is 0.342 e. The summed E-state index contributed by atoms with van der Waals surface area (Å²) in [4.78, 5) is 32.1. The molecule has 1 aromatic rings. The number of hydrogen-bond acceptors (Lipinski definition) is 7. The summed E-state index contributed by atoms with van der Waals surface area (Å²) in [5.74, 6) is -1.63. The molecule has 32 heavy (non-hydrogen) atoms. The number of cyclic esters (lactones) is 1. The van der Waals surface area contributed by atoms with Gasteiger partial charge in [-0.05, 0) is 50.5 Å². The Balaban J connectivity index is 1.82. The van der Waals surface area contributed by atoms with E-state index in [2.05, 4.69) is 5.16 Å². The van der Waals surface area contributed by atoms with Crippen LogP contribution in [0, 0.1) is 0 Å². The second-order valence-corrected chi connectivity index (χ2v) is 8.33. The fourth-order valence-electron chi connectivity index (χ4n) is 3.83. The van der Waals surface area contributed by atoms with Crippen LogP contribution in [0.4, 0.5) is 0 Å². The summed E-state index contributed by atoms with van der Waals surface area (Å²) in [6, 6.07) is 1.01. The fraction of sp³-hybridized carbons (Fsp3) is 0.522. The largest absolute Gasteiger partial charge is 0.507 e. The summed E-state index contributed by atoms with van der Waals surface area (Å²) >= 11 is 6.29. The Hall–Kier alpha value is -2.74. The average molecular weight is 465 g/mol. The number of likely N-dealkylation sites (tertiary alicyclic amines) is 1. The number of hydrogen-bond donors (Lipinski definition) is 2. The van der Waals surface area contributed by atoms with Crippen LogP contribution in [0.15, 0.2) is 23.4 Å². The van der Waals surface area contributed by atoms with Crippen LogP contribution in [0.25, 0.3) is 0 Å². The third kappa shape index (κ3) is 6.38. The van der Waals surface area contributed by atoms with Gasteiger partial charge in [0.1, 0.15) is 23.7 Å². The number of ether oxygens (including phenoxy) is 1. The number of nitrogens with zero attached hydrogens (tertiary/aromatic N) is 2. The van der Waals surface area contributed by atoms with E-state index >= 15 is 0 Å². The monoisotopic (exact) mass is 464 g/mol. The molecular weight excluding hydrogens is 436 g/mol. The molecule has 0 unspecified atom stereocenters. The molecule has 174 valence electrons. The highest BCUT2D eigenvalue weighted by atomic mass is 35.5. The van der Waals surface area contributed by atoms with Crippen LogP contribution >= 0.6 is 11.6 Å². The smallest absolute Gasteiger partial charge is 0.342 e. The molecule has 8 nitrogen and oxygen atoms in total. The summed E-state index contributed by atoms with van der Waals surface area (Å²) in [5.41, 5.74) is 0.653. The van der Waals surface area contributed by atoms with Crippen LogP contribution in [-0.2, 0) is 20.8 Å². The molecule has 2 heterocycles. The van der Waals surface area contributed by atoms with E-state index in [0.29, 0.717) is 12.1 Å². The summed E-state index contributed by atoms with van der Waals surface area (Å²) in [6.45, 7) is 1.37. The number of phenolic OH excluding ortho intramolecular Hbond substituents is 2. The second kappa shape index (κ2) is 11.8. The van der Waals surface area contributed by atoms with Gasteiger partial charge in [0.15, 0.2) is 6.61 Å². The molecular formula is C23H29ClN2O6. The molecule has 1 amide bonds. The molecule has 1 aromatic carbocycles. The van der Waals surface area contributed by atoms with Crippen molar-refractivity contribution in [2.24, 2.45) is 5.16 Å². The minimum absolute atomic E-state index is 0.0581. The standard InChI is InChI=1S/C23H29ClN2O6/c24-22-17-13-16(25-32-15-20(29)26-10-6-4-7-11-26)9-5-2-1-3-8-12-31-23(30)21(17)18(27)14-19(22)28/h3,8,14,27-28H,1-2,4-7,9-13,15H2/b8-3+,25-16-. The fourth-order valence-corrected chi connectivity index (χ4v) is 4.05. The molecule has 2 aliphatic heterocycles. The SMILES string of the molecule is O=C1OC/C=C/CCCC/C(=N/OCC(=O)N2CCCCC2)Cc2c(Cl)c(O)cc(O)c21. The number of allylic oxidation sites excluding steroid dienone is 1. The van der Waals surface area contributed by atoms with Gasteiger partial charge in [-0.1, -0.05) is 28.9 Å². The predicted octanol–water partition coefficient (Wildman–Crippen LogP) is 3.97. The highest BCUT2D eigenvalue weighted by Gasteiger charge is 2.25. The van der Waals surface area contributed by atoms with Crippen LogP contribution in [0.3, 0.4) is 0 Å². The minimum Gasteiger partial charge on any atom is -0.507 e. The van der Waals surface area contributed by atoms with E-state index in [9.17, 15) is 19.8 Å². The van der Waals surface area contributed by atoms with Gasteiger partial charge in [0, 0.05) is 25.6 Å². The summed E-state index contributed by atoms with van der Waals surface area (Å²) < 4.78 is 5.23. The van der Waals surface area contributed by atoms with Crippen molar-refractivity contribution in [1.82, 2.24) is 4.90 Å². The first-order chi connectivity index (χ1) is 15.5. The maximum absolute atomic E-state index is 12.6. The van der Waals surface area contributed by atoms with Crippen LogP contribution in [0.2, 0.25) is 5.02 Å². The van der Waals surface area contributed by atoms with Crippen molar-refractivity contribution >= 4 is 29.2 Å². The number of esters is 1. The zero-order chi connectivity index (χ0) is 22.9. The number of carbonyl (C=O) groups excluding carboxylic acids is 2. The van der Waals surface area contributed by atoms with Crippen LogP contribution in [0.1, 0.15) is 60.9 Å². The molecule has 1 saturated heterocycles. The van der Waals surface area contributed by atoms with Gasteiger partial charge in [0.25, 0.3) is 5.91 Å². The van der Waals surface area contributed by atoms with E-state index in [4.69, 9.17) is 21.2 Å². The van der Waals surface area contributed by atoms with Gasteiger partial charge in [-0.2, -0.15) is 0 Å². The average Bonchev–Trinajstić information content (AvgIpc) is 2.80. The summed E-state index contributed by atoms with van der Waals surface area (Å²) in [7, 11) is 0. The number of phenols is 2. The van der Waals surface area contributed by atoms with Gasteiger partial charge in [-0.15, -0.1) is 0 Å². The van der Waals surface area contributed by atoms with Crippen molar-refractivity contribution in [3.8, 4) is 11.5 Å². The summed E-state index contributed by atoms with van der Waals surface area (Å²) in [5, 5.41) is 24.5. The van der Waals surface area contributed by atoms with Crippen molar-refractivity contribution in [2.45, 2.75) is 51.4 Å². The lowest BCUT2D eigenvalue weighted by molar-refractivity contribution is -0.137. The molecule has 0 radical (unpaired) electrons. The van der Waals surface area contributed by atoms with Gasteiger partial charge in [0.05, 0.1) is 10.7 Å². The third-order valence-corrected chi connectivity index (χ3v) is 5.98. The van der Waals surface area contributed by atoms with Gasteiger partial charge >= 0.3 is 5.97 Å².